The average molecular weight is 744 g/mol. The van der Waals surface area contributed by atoms with Gasteiger partial charge in [-0.3, -0.25) is 54.0 Å². The molecule has 0 aromatic carbocycles. The van der Waals surface area contributed by atoms with E-state index in [1.165, 1.54) is 0 Å². The van der Waals surface area contributed by atoms with Crippen LogP contribution >= 0.6 is 0 Å². The molecule has 0 aliphatic carbocycles. The smallest absolute Gasteiger partial charge is 0.303 e. The molecule has 0 aliphatic rings. The lowest BCUT2D eigenvalue weighted by atomic mass is 10.1. The number of carbonyl (C=O) groups excluding carboxylic acids is 7. The molecule has 24 heteroatoms. The maximum atomic E-state index is 13.0. The van der Waals surface area contributed by atoms with E-state index in [4.69, 9.17) is 38.2 Å². The van der Waals surface area contributed by atoms with E-state index in [2.05, 4.69) is 42.5 Å². The number of rotatable bonds is 26. The quantitative estimate of drug-likeness (QED) is 0.0223. The van der Waals surface area contributed by atoms with Crippen LogP contribution in [-0.2, 0) is 43.2 Å². The van der Waals surface area contributed by atoms with Crippen molar-refractivity contribution in [3.05, 3.63) is 0 Å². The highest BCUT2D eigenvalue weighted by molar-refractivity contribution is 5.95. The minimum Gasteiger partial charge on any atom is -0.481 e. The van der Waals surface area contributed by atoms with Crippen molar-refractivity contribution in [2.75, 3.05) is 26.2 Å². The van der Waals surface area contributed by atoms with E-state index >= 15 is 0 Å². The third kappa shape index (κ3) is 22.4. The number of carboxylic acids is 2. The van der Waals surface area contributed by atoms with Gasteiger partial charge in [-0.25, -0.2) is 0 Å². The van der Waals surface area contributed by atoms with Crippen LogP contribution in [0, 0.1) is 10.8 Å². The number of carboxylic acid groups (broad SMARTS) is 2. The van der Waals surface area contributed by atoms with E-state index in [9.17, 15) is 43.2 Å². The third-order valence-corrected chi connectivity index (χ3v) is 6.77. The summed E-state index contributed by atoms with van der Waals surface area (Å²) in [5.41, 5.74) is 15.9. The van der Waals surface area contributed by atoms with Crippen molar-refractivity contribution in [3.63, 3.8) is 0 Å². The minimum atomic E-state index is -1.51. The second kappa shape index (κ2) is 24.8. The topological polar surface area (TPSA) is 416 Å². The van der Waals surface area contributed by atoms with E-state index in [1.54, 1.807) is 0 Å². The first-order valence-electron chi connectivity index (χ1n) is 15.9. The molecule has 4 atom stereocenters. The van der Waals surface area contributed by atoms with Crippen LogP contribution in [0.5, 0.6) is 0 Å². The minimum absolute atomic E-state index is 0.00177. The number of amides is 7. The summed E-state index contributed by atoms with van der Waals surface area (Å²) in [5, 5.41) is 51.2. The maximum absolute atomic E-state index is 13.0. The van der Waals surface area contributed by atoms with Crippen molar-refractivity contribution < 1.29 is 53.4 Å². The summed E-state index contributed by atoms with van der Waals surface area (Å²) in [6.07, 6.45) is -1.24. The van der Waals surface area contributed by atoms with Crippen LogP contribution in [0.15, 0.2) is 0 Å². The summed E-state index contributed by atoms with van der Waals surface area (Å²) >= 11 is 0. The van der Waals surface area contributed by atoms with Gasteiger partial charge < -0.3 is 69.9 Å². The number of primary amides is 1. The summed E-state index contributed by atoms with van der Waals surface area (Å²) in [6.45, 7) is 0.0422. The maximum Gasteiger partial charge on any atom is 0.303 e. The first kappa shape index (κ1) is 45.8. The third-order valence-electron chi connectivity index (χ3n) is 6.77. The van der Waals surface area contributed by atoms with Gasteiger partial charge >= 0.3 is 11.9 Å². The van der Waals surface area contributed by atoms with Gasteiger partial charge in [-0.2, -0.15) is 0 Å². The Bertz CT molecular complexity index is 1330. The summed E-state index contributed by atoms with van der Waals surface area (Å²) in [6, 6.07) is -5.23. The molecule has 0 saturated heterocycles. The van der Waals surface area contributed by atoms with E-state index in [1.807, 2.05) is 0 Å². The van der Waals surface area contributed by atoms with Crippen molar-refractivity contribution in [2.24, 2.45) is 17.2 Å². The van der Waals surface area contributed by atoms with E-state index in [-0.39, 0.29) is 50.7 Å². The number of hydrogen-bond acceptors (Lipinski definition) is 11. The molecule has 0 heterocycles. The molecule has 24 nitrogen and oxygen atoms in total. The molecular formula is C28H49N13O11. The molecule has 0 bridgehead atoms. The highest BCUT2D eigenvalue weighted by Gasteiger charge is 2.28. The number of guanidine groups is 2. The SMILES string of the molecule is CC(=O)NC(CCC(=O)O)C(=O)NC(CCC(=O)O)C(=O)NCC(=O)NCC(=O)NC(CCCNC(=N)N)C(=O)NC(CCCNC(=N)N)C(N)=O. The Labute approximate surface area is 297 Å². The van der Waals surface area contributed by atoms with E-state index in [0.29, 0.717) is 6.42 Å². The standard InChI is InChI=1S/C28H49N13O11/c1-14(42)38-18(7-9-22(47)48)26(52)41-17(6-8-21(45)46)24(50)37-12-19(43)36-13-20(44)39-16(5-3-11-35-28(32)33)25(51)40-15(23(29)49)4-2-10-34-27(30)31/h15-18H,2-13H2,1H3,(H2,29,49)(H,36,43)(H,37,50)(H,38,42)(H,39,44)(H,40,51)(H,41,52)(H,45,46)(H,47,48)(H4,30,31,34)(H4,32,33,35). The van der Waals surface area contributed by atoms with E-state index in [0.717, 1.165) is 6.92 Å². The lowest BCUT2D eigenvalue weighted by molar-refractivity contribution is -0.139. The van der Waals surface area contributed by atoms with Crippen LogP contribution in [0.4, 0.5) is 0 Å². The number of nitrogens with two attached hydrogens (primary N) is 3. The van der Waals surface area contributed by atoms with Crippen molar-refractivity contribution in [1.29, 1.82) is 10.8 Å². The average Bonchev–Trinajstić information content (AvgIpc) is 3.04. The van der Waals surface area contributed by atoms with Crippen molar-refractivity contribution in [2.45, 2.75) is 82.5 Å². The molecule has 7 amide bonds. The van der Waals surface area contributed by atoms with Crippen molar-refractivity contribution in [1.82, 2.24) is 42.5 Å². The van der Waals surface area contributed by atoms with Gasteiger partial charge in [0.15, 0.2) is 11.9 Å². The highest BCUT2D eigenvalue weighted by Crippen LogP contribution is 2.04. The largest absolute Gasteiger partial charge is 0.481 e. The van der Waals surface area contributed by atoms with Crippen LogP contribution in [0.2, 0.25) is 0 Å². The van der Waals surface area contributed by atoms with Crippen LogP contribution in [-0.4, -0.2) is 126 Å². The highest BCUT2D eigenvalue weighted by atomic mass is 16.4. The summed E-state index contributed by atoms with van der Waals surface area (Å²) in [5.74, 6) is -9.20. The van der Waals surface area contributed by atoms with Crippen LogP contribution < -0.4 is 59.7 Å². The lowest BCUT2D eigenvalue weighted by Gasteiger charge is -2.23. The van der Waals surface area contributed by atoms with Crippen molar-refractivity contribution >= 4 is 65.2 Å². The van der Waals surface area contributed by atoms with Gasteiger partial charge in [0.1, 0.15) is 24.2 Å². The van der Waals surface area contributed by atoms with Gasteiger partial charge in [-0.15, -0.1) is 0 Å². The number of aliphatic carboxylic acids is 2. The molecule has 4 unspecified atom stereocenters. The Morgan fingerprint density at radius 2 is 0.962 bits per heavy atom. The number of hydrogen-bond donors (Lipinski definition) is 15. The van der Waals surface area contributed by atoms with Crippen LogP contribution in [0.3, 0.4) is 0 Å². The molecule has 0 aliphatic heterocycles. The van der Waals surface area contributed by atoms with Gasteiger partial charge in [-0.1, -0.05) is 0 Å². The molecule has 0 spiro atoms. The van der Waals surface area contributed by atoms with Gasteiger partial charge in [0.25, 0.3) is 0 Å². The Balaban J connectivity index is 5.38. The number of carbonyl (C=O) groups is 9. The summed E-state index contributed by atoms with van der Waals surface area (Å²) < 4.78 is 0. The van der Waals surface area contributed by atoms with Crippen LogP contribution in [0.25, 0.3) is 0 Å². The zero-order chi connectivity index (χ0) is 39.8. The first-order valence-corrected chi connectivity index (χ1v) is 15.9. The molecule has 0 radical (unpaired) electrons. The van der Waals surface area contributed by atoms with Gasteiger partial charge in [0, 0.05) is 32.9 Å². The fraction of sp³-hybridized carbons (Fsp3) is 0.607. The Kier molecular flexibility index (Phi) is 21.9. The summed E-state index contributed by atoms with van der Waals surface area (Å²) in [4.78, 5) is 109. The molecule has 292 valence electrons. The molecule has 0 fully saturated rings. The Morgan fingerprint density at radius 1 is 0.538 bits per heavy atom. The normalized spacial score (nSPS) is 12.6. The summed E-state index contributed by atoms with van der Waals surface area (Å²) in [7, 11) is 0. The number of nitrogens with one attached hydrogen (secondary N) is 10. The predicted octanol–water partition coefficient (Wildman–Crippen LogP) is -6.08. The van der Waals surface area contributed by atoms with Gasteiger partial charge in [-0.05, 0) is 38.5 Å². The molecular weight excluding hydrogens is 694 g/mol. The Morgan fingerprint density at radius 3 is 1.40 bits per heavy atom. The monoisotopic (exact) mass is 743 g/mol. The molecule has 18 N–H and O–H groups in total. The Hall–Kier alpha value is -6.23. The molecule has 0 saturated carbocycles. The first-order chi connectivity index (χ1) is 24.3. The van der Waals surface area contributed by atoms with Crippen LogP contribution in [0.1, 0.15) is 58.3 Å². The fourth-order valence-electron chi connectivity index (χ4n) is 4.25. The van der Waals surface area contributed by atoms with Crippen molar-refractivity contribution in [3.8, 4) is 0 Å². The van der Waals surface area contributed by atoms with Gasteiger partial charge in [0.2, 0.25) is 41.4 Å². The second-order valence-electron chi connectivity index (χ2n) is 11.2. The van der Waals surface area contributed by atoms with Gasteiger partial charge in [0.05, 0.1) is 13.1 Å². The second-order valence-corrected chi connectivity index (χ2v) is 11.2. The molecule has 0 aromatic rings. The molecule has 0 aromatic heterocycles. The van der Waals surface area contributed by atoms with E-state index < -0.39 is 110 Å². The predicted molar refractivity (Wildman–Crippen MR) is 181 cm³/mol. The molecule has 52 heavy (non-hydrogen) atoms. The zero-order valence-electron chi connectivity index (χ0n) is 28.6. The lowest BCUT2D eigenvalue weighted by Crippen LogP contribution is -2.55. The fourth-order valence-corrected chi connectivity index (χ4v) is 4.25. The zero-order valence-corrected chi connectivity index (χ0v) is 28.6. The molecule has 0 rings (SSSR count).